The number of nitrogens with zero attached hydrogens (tertiary/aromatic N) is 1. The number of fused-ring (bicyclic) bond motifs is 1. The van der Waals surface area contributed by atoms with Gasteiger partial charge in [-0.2, -0.15) is 0 Å². The van der Waals surface area contributed by atoms with E-state index in [2.05, 4.69) is 5.32 Å². The van der Waals surface area contributed by atoms with Gasteiger partial charge in [0, 0.05) is 17.8 Å². The van der Waals surface area contributed by atoms with Crippen molar-refractivity contribution in [2.75, 3.05) is 20.2 Å². The largest absolute Gasteiger partial charge is 0.497 e. The zero-order valence-electron chi connectivity index (χ0n) is 15.9. The van der Waals surface area contributed by atoms with Gasteiger partial charge in [0.05, 0.1) is 24.4 Å². The Hall–Kier alpha value is -2.86. The summed E-state index contributed by atoms with van der Waals surface area (Å²) >= 11 is 1.50. The number of rotatable bonds is 3. The predicted octanol–water partition coefficient (Wildman–Crippen LogP) is 3.92. The number of carbonyl (C=O) groups excluding carboxylic acids is 2. The Labute approximate surface area is 167 Å². The standard InChI is InChI=1S/C22H22N2O3S/c1-14-17-12-16(27-2)8-9-19(17)28-21(14)22(26)24-11-10-23-20(25)13-18(24)15-6-4-3-5-7-15/h3-9,12,18H,10-11,13H2,1-2H3,(H,23,25). The summed E-state index contributed by atoms with van der Waals surface area (Å²) in [6.45, 7) is 2.93. The van der Waals surface area contributed by atoms with E-state index in [0.717, 1.165) is 31.8 Å². The minimum Gasteiger partial charge on any atom is -0.497 e. The van der Waals surface area contributed by atoms with E-state index in [0.29, 0.717) is 13.1 Å². The van der Waals surface area contributed by atoms with Gasteiger partial charge >= 0.3 is 0 Å². The molecule has 5 nitrogen and oxygen atoms in total. The Morgan fingerprint density at radius 2 is 2.00 bits per heavy atom. The molecule has 3 aromatic rings. The molecule has 1 aliphatic rings. The highest BCUT2D eigenvalue weighted by atomic mass is 32.1. The van der Waals surface area contributed by atoms with Crippen molar-refractivity contribution >= 4 is 33.2 Å². The van der Waals surface area contributed by atoms with E-state index in [1.54, 1.807) is 7.11 Å². The second-order valence-corrected chi connectivity index (χ2v) is 7.95. The van der Waals surface area contributed by atoms with Crippen LogP contribution in [0.25, 0.3) is 10.1 Å². The number of nitrogens with one attached hydrogen (secondary N) is 1. The Kier molecular flexibility index (Phi) is 5.05. The van der Waals surface area contributed by atoms with Crippen molar-refractivity contribution in [1.29, 1.82) is 0 Å². The SMILES string of the molecule is COc1ccc2sc(C(=O)N3CCNC(=O)CC3c3ccccc3)c(C)c2c1. The fourth-order valence-corrected chi connectivity index (χ4v) is 4.85. The van der Waals surface area contributed by atoms with E-state index in [4.69, 9.17) is 4.74 Å². The van der Waals surface area contributed by atoms with E-state index in [9.17, 15) is 9.59 Å². The molecule has 0 aliphatic carbocycles. The van der Waals surface area contributed by atoms with Gasteiger partial charge in [-0.1, -0.05) is 30.3 Å². The van der Waals surface area contributed by atoms with Gasteiger partial charge in [0.2, 0.25) is 5.91 Å². The van der Waals surface area contributed by atoms with Crippen molar-refractivity contribution in [1.82, 2.24) is 10.2 Å². The summed E-state index contributed by atoms with van der Waals surface area (Å²) in [6.07, 6.45) is 0.271. The fraction of sp³-hybridized carbons (Fsp3) is 0.273. The van der Waals surface area contributed by atoms with Gasteiger partial charge in [0.1, 0.15) is 5.75 Å². The van der Waals surface area contributed by atoms with Gasteiger partial charge in [0.25, 0.3) is 5.91 Å². The number of methoxy groups -OCH3 is 1. The second-order valence-electron chi connectivity index (χ2n) is 6.90. The molecule has 0 bridgehead atoms. The summed E-state index contributed by atoms with van der Waals surface area (Å²) in [7, 11) is 1.64. The van der Waals surface area contributed by atoms with Gasteiger partial charge in [-0.05, 0) is 41.6 Å². The lowest BCUT2D eigenvalue weighted by Crippen LogP contribution is -2.36. The van der Waals surface area contributed by atoms with Crippen LogP contribution in [0.1, 0.15) is 33.3 Å². The maximum atomic E-state index is 13.6. The monoisotopic (exact) mass is 394 g/mol. The molecule has 1 saturated heterocycles. The van der Waals surface area contributed by atoms with Gasteiger partial charge in [0.15, 0.2) is 0 Å². The molecule has 1 aliphatic heterocycles. The molecule has 2 heterocycles. The van der Waals surface area contributed by atoms with Crippen molar-refractivity contribution < 1.29 is 14.3 Å². The average molecular weight is 394 g/mol. The molecule has 4 rings (SSSR count). The lowest BCUT2D eigenvalue weighted by atomic mass is 10.0. The molecule has 1 unspecified atom stereocenters. The molecule has 2 amide bonds. The average Bonchev–Trinajstić information content (AvgIpc) is 2.92. The first-order valence-corrected chi connectivity index (χ1v) is 10.1. The molecule has 28 heavy (non-hydrogen) atoms. The number of carbonyl (C=O) groups is 2. The quantitative estimate of drug-likeness (QED) is 0.732. The van der Waals surface area contributed by atoms with Crippen LogP contribution in [0.5, 0.6) is 5.75 Å². The predicted molar refractivity (Wildman–Crippen MR) is 111 cm³/mol. The Morgan fingerprint density at radius 3 is 2.75 bits per heavy atom. The Morgan fingerprint density at radius 1 is 1.21 bits per heavy atom. The highest BCUT2D eigenvalue weighted by Gasteiger charge is 2.32. The van der Waals surface area contributed by atoms with Crippen LogP contribution >= 0.6 is 11.3 Å². The van der Waals surface area contributed by atoms with Gasteiger partial charge in [-0.15, -0.1) is 11.3 Å². The first-order chi connectivity index (χ1) is 13.6. The summed E-state index contributed by atoms with van der Waals surface area (Å²) in [5.41, 5.74) is 1.94. The minimum atomic E-state index is -0.268. The number of benzene rings is 2. The maximum absolute atomic E-state index is 13.6. The van der Waals surface area contributed by atoms with Crippen molar-refractivity contribution in [3.8, 4) is 5.75 Å². The number of hydrogen-bond acceptors (Lipinski definition) is 4. The smallest absolute Gasteiger partial charge is 0.264 e. The van der Waals surface area contributed by atoms with E-state index in [-0.39, 0.29) is 24.3 Å². The maximum Gasteiger partial charge on any atom is 0.264 e. The van der Waals surface area contributed by atoms with Crippen LogP contribution in [0, 0.1) is 6.92 Å². The first-order valence-electron chi connectivity index (χ1n) is 9.28. The summed E-state index contributed by atoms with van der Waals surface area (Å²) in [5, 5.41) is 3.93. The van der Waals surface area contributed by atoms with Gasteiger partial charge < -0.3 is 15.0 Å². The second kappa shape index (κ2) is 7.64. The van der Waals surface area contributed by atoms with E-state index in [1.807, 2.05) is 60.4 Å². The van der Waals surface area contributed by atoms with Gasteiger partial charge in [-0.25, -0.2) is 0 Å². The molecule has 1 atom stereocenters. The highest BCUT2D eigenvalue weighted by molar-refractivity contribution is 7.21. The molecule has 0 saturated carbocycles. The number of aryl methyl sites for hydroxylation is 1. The number of amides is 2. The lowest BCUT2D eigenvalue weighted by Gasteiger charge is -2.29. The summed E-state index contributed by atoms with van der Waals surface area (Å²) < 4.78 is 6.39. The molecule has 144 valence electrons. The molecular formula is C22H22N2O3S. The number of hydrogen-bond donors (Lipinski definition) is 1. The van der Waals surface area contributed by atoms with Crippen molar-refractivity contribution in [3.05, 3.63) is 64.5 Å². The van der Waals surface area contributed by atoms with Crippen LogP contribution in [0.4, 0.5) is 0 Å². The van der Waals surface area contributed by atoms with Gasteiger partial charge in [-0.3, -0.25) is 9.59 Å². The normalized spacial score (nSPS) is 17.3. The van der Waals surface area contributed by atoms with Crippen LogP contribution in [0.15, 0.2) is 48.5 Å². The zero-order valence-corrected chi connectivity index (χ0v) is 16.7. The van der Waals surface area contributed by atoms with E-state index < -0.39 is 0 Å². The molecule has 1 N–H and O–H groups in total. The zero-order chi connectivity index (χ0) is 19.7. The third kappa shape index (κ3) is 3.36. The molecular weight excluding hydrogens is 372 g/mol. The van der Waals surface area contributed by atoms with Crippen LogP contribution in [-0.2, 0) is 4.79 Å². The first kappa shape index (κ1) is 18.5. The molecule has 1 aromatic heterocycles. The third-order valence-corrected chi connectivity index (χ3v) is 6.47. The lowest BCUT2D eigenvalue weighted by molar-refractivity contribution is -0.121. The summed E-state index contributed by atoms with van der Waals surface area (Å²) in [4.78, 5) is 28.3. The fourth-order valence-electron chi connectivity index (χ4n) is 3.71. The Bertz CT molecular complexity index is 1030. The molecule has 0 spiro atoms. The summed E-state index contributed by atoms with van der Waals surface area (Å²) in [5.74, 6) is 0.726. The molecule has 2 aromatic carbocycles. The van der Waals surface area contributed by atoms with Crippen LogP contribution < -0.4 is 10.1 Å². The minimum absolute atomic E-state index is 0.0250. The van der Waals surface area contributed by atoms with Crippen LogP contribution in [-0.4, -0.2) is 36.9 Å². The molecule has 1 fully saturated rings. The molecule has 6 heteroatoms. The third-order valence-electron chi connectivity index (χ3n) is 5.21. The van der Waals surface area contributed by atoms with Crippen molar-refractivity contribution in [3.63, 3.8) is 0 Å². The summed E-state index contributed by atoms with van der Waals surface area (Å²) in [6, 6.07) is 15.4. The van der Waals surface area contributed by atoms with Crippen LogP contribution in [0.2, 0.25) is 0 Å². The topological polar surface area (TPSA) is 58.6 Å². The number of thiophene rings is 1. The van der Waals surface area contributed by atoms with Crippen molar-refractivity contribution in [2.24, 2.45) is 0 Å². The highest BCUT2D eigenvalue weighted by Crippen LogP contribution is 2.36. The van der Waals surface area contributed by atoms with E-state index >= 15 is 0 Å². The van der Waals surface area contributed by atoms with Crippen LogP contribution in [0.3, 0.4) is 0 Å². The van der Waals surface area contributed by atoms with E-state index in [1.165, 1.54) is 11.3 Å². The Balaban J connectivity index is 1.75. The number of ether oxygens (including phenoxy) is 1. The van der Waals surface area contributed by atoms with Crippen molar-refractivity contribution in [2.45, 2.75) is 19.4 Å². The molecule has 0 radical (unpaired) electrons.